The lowest BCUT2D eigenvalue weighted by atomic mass is 9.79. The van der Waals surface area contributed by atoms with Gasteiger partial charge in [0, 0.05) is 12.6 Å². The largest absolute Gasteiger partial charge is 0.416 e. The average molecular weight is 473 g/mol. The molecule has 0 aliphatic rings. The van der Waals surface area contributed by atoms with E-state index >= 15 is 0 Å². The van der Waals surface area contributed by atoms with Crippen LogP contribution in [0.2, 0.25) is 0 Å². The summed E-state index contributed by atoms with van der Waals surface area (Å²) in [6.45, 7) is 0. The standard InChI is InChI=1S/C28H22F3N3O/c29-28(30,31)24-10-6-9-23(17-24)27(25-11-4-5-16-33-25,18-20-7-2-1-3-8-20)34-26(35)22-14-12-21(19-32)13-15-22/h1-17,26,34-35H,18H2/t26-,27?/m0/s1. The van der Waals surface area contributed by atoms with E-state index < -0.39 is 23.5 Å². The minimum Gasteiger partial charge on any atom is -0.374 e. The lowest BCUT2D eigenvalue weighted by Gasteiger charge is -2.38. The lowest BCUT2D eigenvalue weighted by Crippen LogP contribution is -2.48. The van der Waals surface area contributed by atoms with Gasteiger partial charge in [0.15, 0.2) is 0 Å². The third kappa shape index (κ3) is 5.40. The van der Waals surface area contributed by atoms with Gasteiger partial charge in [-0.05, 0) is 53.1 Å². The fourth-order valence-electron chi connectivity index (χ4n) is 4.08. The number of nitrogens with one attached hydrogen (secondary N) is 1. The summed E-state index contributed by atoms with van der Waals surface area (Å²) < 4.78 is 41.0. The Labute approximate surface area is 201 Å². The van der Waals surface area contributed by atoms with Crippen molar-refractivity contribution in [1.82, 2.24) is 10.3 Å². The number of aliphatic hydroxyl groups is 1. The van der Waals surface area contributed by atoms with E-state index in [1.165, 1.54) is 6.07 Å². The fraction of sp³-hybridized carbons (Fsp3) is 0.143. The fourth-order valence-corrected chi connectivity index (χ4v) is 4.08. The normalized spacial score (nSPS) is 14.0. The zero-order valence-electron chi connectivity index (χ0n) is 18.6. The van der Waals surface area contributed by atoms with Crippen molar-refractivity contribution in [2.75, 3.05) is 0 Å². The van der Waals surface area contributed by atoms with Gasteiger partial charge in [-0.1, -0.05) is 60.7 Å². The Kier molecular flexibility index (Phi) is 6.97. The number of alkyl halides is 3. The Morgan fingerprint density at radius 1 is 0.857 bits per heavy atom. The molecule has 0 amide bonds. The molecule has 2 atom stereocenters. The van der Waals surface area contributed by atoms with Crippen LogP contribution in [0.4, 0.5) is 13.2 Å². The van der Waals surface area contributed by atoms with E-state index in [9.17, 15) is 18.3 Å². The molecule has 1 unspecified atom stereocenters. The van der Waals surface area contributed by atoms with Crippen molar-refractivity contribution in [3.05, 3.63) is 137 Å². The van der Waals surface area contributed by atoms with Crippen LogP contribution in [-0.4, -0.2) is 10.1 Å². The summed E-state index contributed by atoms with van der Waals surface area (Å²) in [6.07, 6.45) is -4.01. The smallest absolute Gasteiger partial charge is 0.374 e. The van der Waals surface area contributed by atoms with E-state index in [0.29, 0.717) is 22.4 Å². The van der Waals surface area contributed by atoms with E-state index in [1.54, 1.807) is 54.7 Å². The van der Waals surface area contributed by atoms with Crippen molar-refractivity contribution >= 4 is 0 Å². The average Bonchev–Trinajstić information content (AvgIpc) is 2.89. The Morgan fingerprint density at radius 3 is 2.17 bits per heavy atom. The number of aromatic nitrogens is 1. The second-order valence-electron chi connectivity index (χ2n) is 8.14. The first kappa shape index (κ1) is 24.1. The minimum atomic E-state index is -4.54. The SMILES string of the molecule is N#Cc1ccc([C@H](O)NC(Cc2ccccc2)(c2cccc(C(F)(F)F)c2)c2ccccn2)cc1. The number of halogens is 3. The van der Waals surface area contributed by atoms with E-state index in [-0.39, 0.29) is 6.42 Å². The van der Waals surface area contributed by atoms with Gasteiger partial charge in [0.05, 0.1) is 28.4 Å². The summed E-state index contributed by atoms with van der Waals surface area (Å²) >= 11 is 0. The molecule has 4 aromatic rings. The van der Waals surface area contributed by atoms with Crippen LogP contribution in [0, 0.1) is 11.3 Å². The number of hydrogen-bond donors (Lipinski definition) is 2. The van der Waals surface area contributed by atoms with Crippen LogP contribution < -0.4 is 5.32 Å². The first-order valence-electron chi connectivity index (χ1n) is 10.9. The Balaban J connectivity index is 1.90. The summed E-state index contributed by atoms with van der Waals surface area (Å²) in [7, 11) is 0. The maximum Gasteiger partial charge on any atom is 0.416 e. The van der Waals surface area contributed by atoms with Crippen LogP contribution in [0.3, 0.4) is 0 Å². The number of nitriles is 1. The summed E-state index contributed by atoms with van der Waals surface area (Å²) in [5.74, 6) is 0. The summed E-state index contributed by atoms with van der Waals surface area (Å²) in [6, 6.07) is 28.0. The molecule has 0 aliphatic carbocycles. The number of aliphatic hydroxyl groups excluding tert-OH is 1. The van der Waals surface area contributed by atoms with Gasteiger partial charge in [0.25, 0.3) is 0 Å². The number of pyridine rings is 1. The van der Waals surface area contributed by atoms with Crippen LogP contribution in [-0.2, 0) is 18.1 Å². The molecule has 1 aromatic heterocycles. The van der Waals surface area contributed by atoms with Gasteiger partial charge < -0.3 is 5.11 Å². The van der Waals surface area contributed by atoms with Crippen LogP contribution in [0.5, 0.6) is 0 Å². The maximum atomic E-state index is 13.7. The molecule has 0 aliphatic heterocycles. The second-order valence-corrected chi connectivity index (χ2v) is 8.14. The zero-order chi connectivity index (χ0) is 24.9. The Morgan fingerprint density at radius 2 is 1.54 bits per heavy atom. The molecule has 1 heterocycles. The van der Waals surface area contributed by atoms with E-state index in [4.69, 9.17) is 5.26 Å². The lowest BCUT2D eigenvalue weighted by molar-refractivity contribution is -0.137. The third-order valence-corrected chi connectivity index (χ3v) is 5.84. The summed E-state index contributed by atoms with van der Waals surface area (Å²) in [5.41, 5.74) is 0.395. The van der Waals surface area contributed by atoms with Gasteiger partial charge in [-0.15, -0.1) is 0 Å². The molecule has 0 saturated carbocycles. The van der Waals surface area contributed by atoms with Crippen molar-refractivity contribution in [3.8, 4) is 6.07 Å². The maximum absolute atomic E-state index is 13.7. The van der Waals surface area contributed by atoms with Crippen molar-refractivity contribution in [3.63, 3.8) is 0 Å². The molecule has 7 heteroatoms. The molecule has 0 fully saturated rings. The van der Waals surface area contributed by atoms with Crippen LogP contribution >= 0.6 is 0 Å². The number of rotatable bonds is 7. The van der Waals surface area contributed by atoms with Gasteiger partial charge in [-0.3, -0.25) is 10.3 Å². The Hall–Kier alpha value is -3.99. The van der Waals surface area contributed by atoms with Gasteiger partial charge in [0.2, 0.25) is 0 Å². The van der Waals surface area contributed by atoms with Crippen molar-refractivity contribution in [2.24, 2.45) is 0 Å². The first-order valence-corrected chi connectivity index (χ1v) is 10.9. The van der Waals surface area contributed by atoms with Gasteiger partial charge in [-0.2, -0.15) is 18.4 Å². The molecule has 4 nitrogen and oxygen atoms in total. The molecular weight excluding hydrogens is 451 g/mol. The van der Waals surface area contributed by atoms with Crippen molar-refractivity contribution in [1.29, 1.82) is 5.26 Å². The van der Waals surface area contributed by atoms with E-state index in [2.05, 4.69) is 10.3 Å². The quantitative estimate of drug-likeness (QED) is 0.336. The highest BCUT2D eigenvalue weighted by molar-refractivity contribution is 5.41. The molecule has 2 N–H and O–H groups in total. The predicted octanol–water partition coefficient (Wildman–Crippen LogP) is 5.74. The van der Waals surface area contributed by atoms with Gasteiger partial charge in [0.1, 0.15) is 6.23 Å². The molecular formula is C28H22F3N3O. The minimum absolute atomic E-state index is 0.222. The molecule has 35 heavy (non-hydrogen) atoms. The van der Waals surface area contributed by atoms with Crippen LogP contribution in [0.1, 0.15) is 39.7 Å². The Bertz CT molecular complexity index is 1300. The van der Waals surface area contributed by atoms with E-state index in [0.717, 1.165) is 17.7 Å². The molecule has 0 radical (unpaired) electrons. The molecule has 0 bridgehead atoms. The molecule has 4 rings (SSSR count). The molecule has 0 saturated heterocycles. The third-order valence-electron chi connectivity index (χ3n) is 5.84. The van der Waals surface area contributed by atoms with Gasteiger partial charge >= 0.3 is 6.18 Å². The second kappa shape index (κ2) is 10.1. The van der Waals surface area contributed by atoms with Crippen LogP contribution in [0.25, 0.3) is 0 Å². The molecule has 3 aromatic carbocycles. The summed E-state index contributed by atoms with van der Waals surface area (Å²) in [5, 5.41) is 23.5. The molecule has 0 spiro atoms. The first-order chi connectivity index (χ1) is 16.8. The number of hydrogen-bond acceptors (Lipinski definition) is 4. The number of nitrogens with zero attached hydrogens (tertiary/aromatic N) is 2. The monoisotopic (exact) mass is 473 g/mol. The highest BCUT2D eigenvalue weighted by Gasteiger charge is 2.40. The van der Waals surface area contributed by atoms with Crippen molar-refractivity contribution in [2.45, 2.75) is 24.4 Å². The summed E-state index contributed by atoms with van der Waals surface area (Å²) in [4.78, 5) is 4.49. The van der Waals surface area contributed by atoms with Gasteiger partial charge in [-0.25, -0.2) is 0 Å². The zero-order valence-corrected chi connectivity index (χ0v) is 18.6. The van der Waals surface area contributed by atoms with Crippen molar-refractivity contribution < 1.29 is 18.3 Å². The topological polar surface area (TPSA) is 68.9 Å². The van der Waals surface area contributed by atoms with E-state index in [1.807, 2.05) is 36.4 Å². The molecule has 176 valence electrons. The predicted molar refractivity (Wildman–Crippen MR) is 126 cm³/mol. The van der Waals surface area contributed by atoms with Crippen LogP contribution in [0.15, 0.2) is 103 Å². The highest BCUT2D eigenvalue weighted by Crippen LogP contribution is 2.38. The highest BCUT2D eigenvalue weighted by atomic mass is 19.4. The number of benzene rings is 3.